The van der Waals surface area contributed by atoms with Crippen LogP contribution in [-0.4, -0.2) is 17.0 Å². The van der Waals surface area contributed by atoms with Crippen LogP contribution in [0.4, 0.5) is 0 Å². The molecule has 1 aromatic rings. The Balaban J connectivity index is 2.93. The molecule has 0 spiro atoms. The number of para-hydroxylation sites is 1. The standard InChI is InChI=1S/C12H13BrN2O2/c1-12(2,7-14)15-11(16)9-5-3-4-6-10(9)17-8-13/h3-6H,8H2,1-2H3,(H,15,16). The van der Waals surface area contributed by atoms with Crippen molar-refractivity contribution in [3.05, 3.63) is 29.8 Å². The van der Waals surface area contributed by atoms with Gasteiger partial charge in [0.2, 0.25) is 0 Å². The van der Waals surface area contributed by atoms with Crippen LogP contribution in [0.1, 0.15) is 24.2 Å². The predicted octanol–water partition coefficient (Wildman–Crippen LogP) is 2.45. The van der Waals surface area contributed by atoms with Gasteiger partial charge in [-0.25, -0.2) is 0 Å². The average Bonchev–Trinajstić information content (AvgIpc) is 2.29. The molecule has 0 aliphatic carbocycles. The number of carbonyl (C=O) groups is 1. The van der Waals surface area contributed by atoms with E-state index in [1.165, 1.54) is 0 Å². The molecular weight excluding hydrogens is 284 g/mol. The molecule has 1 amide bonds. The molecule has 90 valence electrons. The van der Waals surface area contributed by atoms with Gasteiger partial charge in [-0.15, -0.1) is 0 Å². The number of alkyl halides is 1. The van der Waals surface area contributed by atoms with Crippen molar-refractivity contribution >= 4 is 21.8 Å². The lowest BCUT2D eigenvalue weighted by Crippen LogP contribution is -2.42. The minimum absolute atomic E-state index is 0.305. The Hall–Kier alpha value is -1.54. The van der Waals surface area contributed by atoms with Gasteiger partial charge in [0.25, 0.3) is 5.91 Å². The van der Waals surface area contributed by atoms with Crippen molar-refractivity contribution in [3.8, 4) is 11.8 Å². The van der Waals surface area contributed by atoms with Crippen LogP contribution in [0.3, 0.4) is 0 Å². The van der Waals surface area contributed by atoms with Crippen LogP contribution in [-0.2, 0) is 0 Å². The highest BCUT2D eigenvalue weighted by Gasteiger charge is 2.22. The third kappa shape index (κ3) is 3.75. The fourth-order valence-electron chi connectivity index (χ4n) is 1.22. The quantitative estimate of drug-likeness (QED) is 0.868. The van der Waals surface area contributed by atoms with Gasteiger partial charge in [0, 0.05) is 0 Å². The van der Waals surface area contributed by atoms with Crippen LogP contribution in [0, 0.1) is 11.3 Å². The van der Waals surface area contributed by atoms with Crippen LogP contribution in [0.2, 0.25) is 0 Å². The van der Waals surface area contributed by atoms with E-state index >= 15 is 0 Å². The van der Waals surface area contributed by atoms with E-state index in [1.807, 2.05) is 6.07 Å². The summed E-state index contributed by atoms with van der Waals surface area (Å²) in [6, 6.07) is 8.90. The summed E-state index contributed by atoms with van der Waals surface area (Å²) in [6.45, 7) is 3.28. The summed E-state index contributed by atoms with van der Waals surface area (Å²) in [5.41, 5.74) is -0.187. The first-order valence-electron chi connectivity index (χ1n) is 5.02. The number of nitrogens with zero attached hydrogens (tertiary/aromatic N) is 1. The summed E-state index contributed by atoms with van der Waals surface area (Å²) in [5.74, 6) is 0.156. The zero-order valence-corrected chi connectivity index (χ0v) is 11.2. The van der Waals surface area contributed by atoms with Gasteiger partial charge in [0.15, 0.2) is 0 Å². The molecule has 0 atom stereocenters. The maximum Gasteiger partial charge on any atom is 0.256 e. The second kappa shape index (κ2) is 5.69. The average molecular weight is 297 g/mol. The molecular formula is C12H13BrN2O2. The lowest BCUT2D eigenvalue weighted by molar-refractivity contribution is 0.0926. The number of amides is 1. The molecule has 0 saturated heterocycles. The minimum atomic E-state index is -0.904. The summed E-state index contributed by atoms with van der Waals surface area (Å²) in [7, 11) is 0. The summed E-state index contributed by atoms with van der Waals surface area (Å²) in [6.07, 6.45) is 0. The Kier molecular flexibility index (Phi) is 4.53. The monoisotopic (exact) mass is 296 g/mol. The number of halogens is 1. The molecule has 4 nitrogen and oxygen atoms in total. The number of nitriles is 1. The van der Waals surface area contributed by atoms with Crippen LogP contribution >= 0.6 is 15.9 Å². The maximum atomic E-state index is 12.0. The summed E-state index contributed by atoms with van der Waals surface area (Å²) >= 11 is 3.14. The molecule has 0 radical (unpaired) electrons. The van der Waals surface area contributed by atoms with Crippen LogP contribution in [0.15, 0.2) is 24.3 Å². The highest BCUT2D eigenvalue weighted by Crippen LogP contribution is 2.19. The van der Waals surface area contributed by atoms with E-state index in [2.05, 4.69) is 21.2 Å². The molecule has 0 aliphatic heterocycles. The number of hydrogen-bond donors (Lipinski definition) is 1. The van der Waals surface area contributed by atoms with Gasteiger partial charge >= 0.3 is 0 Å². The van der Waals surface area contributed by atoms with E-state index in [1.54, 1.807) is 38.1 Å². The van der Waals surface area contributed by atoms with E-state index in [4.69, 9.17) is 10.00 Å². The van der Waals surface area contributed by atoms with Crippen molar-refractivity contribution in [1.82, 2.24) is 5.32 Å². The van der Waals surface area contributed by atoms with Gasteiger partial charge in [-0.3, -0.25) is 4.79 Å². The number of hydrogen-bond acceptors (Lipinski definition) is 3. The van der Waals surface area contributed by atoms with Gasteiger partial charge in [0.1, 0.15) is 16.8 Å². The second-order valence-electron chi connectivity index (χ2n) is 3.94. The van der Waals surface area contributed by atoms with E-state index in [0.29, 0.717) is 16.8 Å². The Labute approximate surface area is 109 Å². The number of rotatable bonds is 4. The first-order chi connectivity index (χ1) is 8.00. The molecule has 1 rings (SSSR count). The van der Waals surface area contributed by atoms with Crippen molar-refractivity contribution in [3.63, 3.8) is 0 Å². The summed E-state index contributed by atoms with van der Waals surface area (Å²) in [4.78, 5) is 12.0. The fourth-order valence-corrected chi connectivity index (χ4v) is 1.46. The topological polar surface area (TPSA) is 62.1 Å². The maximum absolute atomic E-state index is 12.0. The van der Waals surface area contributed by atoms with Gasteiger partial charge in [-0.1, -0.05) is 12.1 Å². The Bertz CT molecular complexity index is 452. The van der Waals surface area contributed by atoms with Crippen molar-refractivity contribution in [2.45, 2.75) is 19.4 Å². The smallest absolute Gasteiger partial charge is 0.256 e. The third-order valence-electron chi connectivity index (χ3n) is 2.05. The fraction of sp³-hybridized carbons (Fsp3) is 0.333. The SMILES string of the molecule is CC(C)(C#N)NC(=O)c1ccccc1OCBr. The van der Waals surface area contributed by atoms with E-state index < -0.39 is 5.54 Å². The third-order valence-corrected chi connectivity index (χ3v) is 2.28. The molecule has 0 unspecified atom stereocenters. The highest BCUT2D eigenvalue weighted by atomic mass is 79.9. The van der Waals surface area contributed by atoms with E-state index in [-0.39, 0.29) is 5.91 Å². The number of ether oxygens (including phenoxy) is 1. The molecule has 0 saturated carbocycles. The zero-order chi connectivity index (χ0) is 12.9. The molecule has 1 N–H and O–H groups in total. The Morgan fingerprint density at radius 3 is 2.76 bits per heavy atom. The lowest BCUT2D eigenvalue weighted by atomic mass is 10.1. The first kappa shape index (κ1) is 13.5. The van der Waals surface area contributed by atoms with Crippen molar-refractivity contribution in [2.24, 2.45) is 0 Å². The number of carbonyl (C=O) groups excluding carboxylic acids is 1. The largest absolute Gasteiger partial charge is 0.482 e. The van der Waals surface area contributed by atoms with Crippen molar-refractivity contribution < 1.29 is 9.53 Å². The second-order valence-corrected chi connectivity index (χ2v) is 4.40. The van der Waals surface area contributed by atoms with Crippen LogP contribution in [0.5, 0.6) is 5.75 Å². The van der Waals surface area contributed by atoms with Crippen LogP contribution in [0.25, 0.3) is 0 Å². The van der Waals surface area contributed by atoms with E-state index in [9.17, 15) is 4.79 Å². The number of nitrogens with one attached hydrogen (secondary N) is 1. The molecule has 0 heterocycles. The predicted molar refractivity (Wildman–Crippen MR) is 68.0 cm³/mol. The minimum Gasteiger partial charge on any atom is -0.482 e. The van der Waals surface area contributed by atoms with Crippen molar-refractivity contribution in [1.29, 1.82) is 5.26 Å². The highest BCUT2D eigenvalue weighted by molar-refractivity contribution is 9.09. The summed E-state index contributed by atoms with van der Waals surface area (Å²) < 4.78 is 5.28. The van der Waals surface area contributed by atoms with Gasteiger partial charge in [-0.05, 0) is 41.9 Å². The van der Waals surface area contributed by atoms with Gasteiger partial charge in [0.05, 0.1) is 11.6 Å². The molecule has 0 aromatic heterocycles. The molecule has 5 heteroatoms. The van der Waals surface area contributed by atoms with E-state index in [0.717, 1.165) is 0 Å². The Morgan fingerprint density at radius 2 is 2.18 bits per heavy atom. The Morgan fingerprint density at radius 1 is 1.53 bits per heavy atom. The lowest BCUT2D eigenvalue weighted by Gasteiger charge is -2.18. The van der Waals surface area contributed by atoms with Gasteiger partial charge < -0.3 is 10.1 Å². The molecule has 17 heavy (non-hydrogen) atoms. The van der Waals surface area contributed by atoms with Gasteiger partial charge in [-0.2, -0.15) is 5.26 Å². The normalized spacial score (nSPS) is 10.5. The molecule has 0 aliphatic rings. The van der Waals surface area contributed by atoms with Crippen LogP contribution < -0.4 is 10.1 Å². The van der Waals surface area contributed by atoms with Crippen molar-refractivity contribution in [2.75, 3.05) is 5.52 Å². The molecule has 0 bridgehead atoms. The first-order valence-corrected chi connectivity index (χ1v) is 6.14. The molecule has 1 aromatic carbocycles. The number of benzene rings is 1. The molecule has 0 fully saturated rings. The zero-order valence-electron chi connectivity index (χ0n) is 9.66. The summed E-state index contributed by atoms with van der Waals surface area (Å²) in [5, 5.41) is 11.5.